The number of carbonyl (C=O) groups is 2. The number of amides is 1. The van der Waals surface area contributed by atoms with Crippen molar-refractivity contribution in [3.05, 3.63) is 29.8 Å². The van der Waals surface area contributed by atoms with Crippen molar-refractivity contribution in [2.45, 2.75) is 52.2 Å². The Morgan fingerprint density at radius 3 is 2.52 bits per heavy atom. The summed E-state index contributed by atoms with van der Waals surface area (Å²) in [5.41, 5.74) is -1.03. The lowest BCUT2D eigenvalue weighted by Crippen LogP contribution is -2.76. The van der Waals surface area contributed by atoms with Gasteiger partial charge in [0.05, 0.1) is 6.10 Å². The molecule has 2 N–H and O–H groups in total. The number of carbonyl (C=O) groups excluding carboxylic acids is 1. The van der Waals surface area contributed by atoms with Gasteiger partial charge in [-0.2, -0.15) is 0 Å². The second kappa shape index (κ2) is 7.44. The number of benzene rings is 1. The van der Waals surface area contributed by atoms with Gasteiger partial charge in [-0.15, -0.1) is 0 Å². The lowest BCUT2D eigenvalue weighted by molar-refractivity contribution is -0.194. The molecule has 1 aromatic carbocycles. The van der Waals surface area contributed by atoms with E-state index in [1.54, 1.807) is 19.9 Å². The zero-order valence-corrected chi connectivity index (χ0v) is 15.3. The third-order valence-corrected chi connectivity index (χ3v) is 5.19. The predicted octanol–water partition coefficient (Wildman–Crippen LogP) is 2.40. The van der Waals surface area contributed by atoms with Crippen LogP contribution in [0.3, 0.4) is 0 Å². The molecule has 1 saturated carbocycles. The first-order valence-corrected chi connectivity index (χ1v) is 8.65. The Kier molecular flexibility index (Phi) is 5.72. The van der Waals surface area contributed by atoms with Gasteiger partial charge >= 0.3 is 5.97 Å². The molecular formula is C19H27NO5. The van der Waals surface area contributed by atoms with Gasteiger partial charge in [-0.05, 0) is 25.0 Å². The van der Waals surface area contributed by atoms with Gasteiger partial charge in [-0.1, -0.05) is 39.0 Å². The largest absolute Gasteiger partial charge is 0.483 e. The van der Waals surface area contributed by atoms with Crippen molar-refractivity contribution in [2.24, 2.45) is 5.41 Å². The first kappa shape index (κ1) is 19.2. The van der Waals surface area contributed by atoms with E-state index >= 15 is 0 Å². The fraction of sp³-hybridized carbons (Fsp3) is 0.579. The first-order valence-electron chi connectivity index (χ1n) is 8.65. The minimum atomic E-state index is -1.34. The van der Waals surface area contributed by atoms with Crippen LogP contribution in [0.15, 0.2) is 24.3 Å². The van der Waals surface area contributed by atoms with Crippen LogP contribution in [0.25, 0.3) is 0 Å². The molecule has 1 fully saturated rings. The number of carboxylic acid groups (broad SMARTS) is 1. The molecule has 2 rings (SSSR count). The molecule has 0 spiro atoms. The molecule has 1 amide bonds. The molecule has 2 atom stereocenters. The van der Waals surface area contributed by atoms with E-state index in [0.717, 1.165) is 12.0 Å². The van der Waals surface area contributed by atoms with Gasteiger partial charge in [-0.25, -0.2) is 4.79 Å². The Bertz CT molecular complexity index is 642. The summed E-state index contributed by atoms with van der Waals surface area (Å²) < 4.78 is 11.2. The van der Waals surface area contributed by atoms with Crippen molar-refractivity contribution in [1.29, 1.82) is 0 Å². The Morgan fingerprint density at radius 2 is 1.96 bits per heavy atom. The van der Waals surface area contributed by atoms with E-state index < -0.39 is 22.8 Å². The van der Waals surface area contributed by atoms with Crippen LogP contribution in [0.4, 0.5) is 0 Å². The molecule has 6 nitrogen and oxygen atoms in total. The molecule has 0 aliphatic heterocycles. The molecule has 2 unspecified atom stereocenters. The van der Waals surface area contributed by atoms with Crippen LogP contribution in [0.2, 0.25) is 0 Å². The lowest BCUT2D eigenvalue weighted by Gasteiger charge is -2.58. The normalized spacial score (nSPS) is 24.2. The van der Waals surface area contributed by atoms with Gasteiger partial charge in [0, 0.05) is 18.4 Å². The molecule has 6 heteroatoms. The number of hydrogen-bond donors (Lipinski definition) is 2. The summed E-state index contributed by atoms with van der Waals surface area (Å²) >= 11 is 0. The number of nitrogens with one attached hydrogen (secondary N) is 1. The molecule has 0 bridgehead atoms. The smallest absolute Gasteiger partial charge is 0.330 e. The van der Waals surface area contributed by atoms with Crippen molar-refractivity contribution in [1.82, 2.24) is 5.32 Å². The molecule has 1 aliphatic rings. The number of carboxylic acids is 1. The van der Waals surface area contributed by atoms with Gasteiger partial charge in [-0.3, -0.25) is 4.79 Å². The SMILES string of the molecule is CCOC1CC(NC(=O)COc2ccccc2CC)(C(=O)O)C1(C)C. The highest BCUT2D eigenvalue weighted by molar-refractivity contribution is 5.90. The zero-order chi connectivity index (χ0) is 18.7. The average molecular weight is 349 g/mol. The topological polar surface area (TPSA) is 84.9 Å². The Hall–Kier alpha value is -2.08. The van der Waals surface area contributed by atoms with E-state index in [0.29, 0.717) is 12.4 Å². The van der Waals surface area contributed by atoms with E-state index in [1.165, 1.54) is 0 Å². The van der Waals surface area contributed by atoms with Gasteiger partial charge in [0.25, 0.3) is 5.91 Å². The minimum Gasteiger partial charge on any atom is -0.483 e. The standard InChI is InChI=1S/C19H27NO5/c1-5-13-9-7-8-10-14(13)25-12-16(21)20-19(17(22)23)11-15(24-6-2)18(19,3)4/h7-10,15H,5-6,11-12H2,1-4H3,(H,20,21)(H,22,23). The van der Waals surface area contributed by atoms with Crippen molar-refractivity contribution < 1.29 is 24.2 Å². The van der Waals surface area contributed by atoms with Gasteiger partial charge in [0.2, 0.25) is 0 Å². The second-order valence-corrected chi connectivity index (χ2v) is 6.88. The second-order valence-electron chi connectivity index (χ2n) is 6.88. The fourth-order valence-electron chi connectivity index (χ4n) is 3.39. The monoisotopic (exact) mass is 349 g/mol. The van der Waals surface area contributed by atoms with Crippen LogP contribution in [0, 0.1) is 5.41 Å². The van der Waals surface area contributed by atoms with Crippen LogP contribution in [-0.2, 0) is 20.7 Å². The average Bonchev–Trinajstić information content (AvgIpc) is 2.58. The molecule has 1 aliphatic carbocycles. The van der Waals surface area contributed by atoms with Crippen LogP contribution < -0.4 is 10.1 Å². The summed E-state index contributed by atoms with van der Waals surface area (Å²) in [6, 6.07) is 7.49. The van der Waals surface area contributed by atoms with Crippen LogP contribution in [0.5, 0.6) is 5.75 Å². The molecule has 138 valence electrons. The number of aryl methyl sites for hydroxylation is 1. The number of rotatable bonds is 8. The van der Waals surface area contributed by atoms with Gasteiger partial charge in [0.15, 0.2) is 6.61 Å². The number of ether oxygens (including phenoxy) is 2. The van der Waals surface area contributed by atoms with E-state index in [9.17, 15) is 14.7 Å². The number of hydrogen-bond acceptors (Lipinski definition) is 4. The first-order chi connectivity index (χ1) is 11.8. The summed E-state index contributed by atoms with van der Waals surface area (Å²) in [7, 11) is 0. The third kappa shape index (κ3) is 3.49. The minimum absolute atomic E-state index is 0.198. The Morgan fingerprint density at radius 1 is 1.28 bits per heavy atom. The molecule has 0 heterocycles. The van der Waals surface area contributed by atoms with Crippen LogP contribution >= 0.6 is 0 Å². The summed E-state index contributed by atoms with van der Waals surface area (Å²) in [6.45, 7) is 7.77. The highest BCUT2D eigenvalue weighted by Gasteiger charge is 2.66. The summed E-state index contributed by atoms with van der Waals surface area (Å²) in [4.78, 5) is 24.2. The maximum atomic E-state index is 12.3. The summed E-state index contributed by atoms with van der Waals surface area (Å²) in [5, 5.41) is 12.4. The lowest BCUT2D eigenvalue weighted by atomic mass is 9.54. The van der Waals surface area contributed by atoms with E-state index in [1.807, 2.05) is 32.0 Å². The van der Waals surface area contributed by atoms with Crippen molar-refractivity contribution in [3.63, 3.8) is 0 Å². The molecule has 0 aromatic heterocycles. The highest BCUT2D eigenvalue weighted by atomic mass is 16.5. The molecule has 0 saturated heterocycles. The maximum absolute atomic E-state index is 12.3. The quantitative estimate of drug-likeness (QED) is 0.753. The highest BCUT2D eigenvalue weighted by Crippen LogP contribution is 2.51. The van der Waals surface area contributed by atoms with Gasteiger partial charge < -0.3 is 19.9 Å². The molecule has 0 radical (unpaired) electrons. The zero-order valence-electron chi connectivity index (χ0n) is 15.3. The molecule has 1 aromatic rings. The van der Waals surface area contributed by atoms with Crippen molar-refractivity contribution >= 4 is 11.9 Å². The predicted molar refractivity (Wildman–Crippen MR) is 93.6 cm³/mol. The summed E-state index contributed by atoms with van der Waals surface area (Å²) in [5.74, 6) is -0.850. The maximum Gasteiger partial charge on any atom is 0.330 e. The van der Waals surface area contributed by atoms with Crippen molar-refractivity contribution in [2.75, 3.05) is 13.2 Å². The molecular weight excluding hydrogens is 322 g/mol. The fourth-order valence-corrected chi connectivity index (χ4v) is 3.39. The Balaban J connectivity index is 2.04. The third-order valence-electron chi connectivity index (χ3n) is 5.19. The van der Waals surface area contributed by atoms with E-state index in [-0.39, 0.29) is 19.1 Å². The molecule has 25 heavy (non-hydrogen) atoms. The Labute approximate surface area is 148 Å². The number of aliphatic carboxylic acids is 1. The van der Waals surface area contributed by atoms with E-state index in [2.05, 4.69) is 5.32 Å². The van der Waals surface area contributed by atoms with Gasteiger partial charge in [0.1, 0.15) is 11.3 Å². The van der Waals surface area contributed by atoms with Crippen molar-refractivity contribution in [3.8, 4) is 5.75 Å². The van der Waals surface area contributed by atoms with E-state index in [4.69, 9.17) is 9.47 Å². The summed E-state index contributed by atoms with van der Waals surface area (Å²) in [6.07, 6.45) is 0.844. The van der Waals surface area contributed by atoms with Crippen LogP contribution in [0.1, 0.15) is 39.7 Å². The number of para-hydroxylation sites is 1. The van der Waals surface area contributed by atoms with Crippen LogP contribution in [-0.4, -0.2) is 41.8 Å².